The summed E-state index contributed by atoms with van der Waals surface area (Å²) in [5, 5.41) is 13.0. The van der Waals surface area contributed by atoms with Gasteiger partial charge in [-0.1, -0.05) is 19.8 Å². The Balaban J connectivity index is 2.17. The molecule has 2 N–H and O–H groups in total. The Morgan fingerprint density at radius 1 is 1.60 bits per heavy atom. The smallest absolute Gasteiger partial charge is 0.358 e. The van der Waals surface area contributed by atoms with E-state index in [-0.39, 0.29) is 17.8 Å². The first kappa shape index (κ1) is 14.7. The third kappa shape index (κ3) is 3.25. The molecule has 1 aromatic rings. The Bertz CT molecular complexity index is 480. The highest BCUT2D eigenvalue weighted by molar-refractivity contribution is 5.87. The standard InChI is InChI=1S/C14H21N3O3/c1-10-4-3-5-14(6-10,9-18)17-12-8-15-7-11(16-12)13(19)20-2/h7-8,10,18H,3-6,9H2,1-2H3,(H,16,17). The van der Waals surface area contributed by atoms with Crippen LogP contribution >= 0.6 is 0 Å². The van der Waals surface area contributed by atoms with Crippen molar-refractivity contribution in [2.45, 2.75) is 38.1 Å². The van der Waals surface area contributed by atoms with Gasteiger partial charge in [0, 0.05) is 0 Å². The van der Waals surface area contributed by atoms with Gasteiger partial charge >= 0.3 is 5.97 Å². The number of carbonyl (C=O) groups excluding carboxylic acids is 1. The van der Waals surface area contributed by atoms with Crippen LogP contribution in [0.1, 0.15) is 43.1 Å². The topological polar surface area (TPSA) is 84.3 Å². The minimum absolute atomic E-state index is 0.0431. The third-order valence-corrected chi connectivity index (χ3v) is 3.82. The second-order valence-corrected chi connectivity index (χ2v) is 5.55. The van der Waals surface area contributed by atoms with Crippen molar-refractivity contribution < 1.29 is 14.6 Å². The number of carbonyl (C=O) groups is 1. The maximum absolute atomic E-state index is 11.5. The molecule has 0 saturated heterocycles. The molecule has 2 atom stereocenters. The minimum atomic E-state index is -0.517. The lowest BCUT2D eigenvalue weighted by Gasteiger charge is -2.39. The van der Waals surface area contributed by atoms with E-state index in [2.05, 4.69) is 26.9 Å². The van der Waals surface area contributed by atoms with Gasteiger partial charge in [0.2, 0.25) is 0 Å². The largest absolute Gasteiger partial charge is 0.464 e. The molecule has 1 saturated carbocycles. The van der Waals surface area contributed by atoms with E-state index in [0.717, 1.165) is 19.3 Å². The minimum Gasteiger partial charge on any atom is -0.464 e. The van der Waals surface area contributed by atoms with Gasteiger partial charge in [-0.2, -0.15) is 0 Å². The number of aliphatic hydroxyl groups excluding tert-OH is 1. The van der Waals surface area contributed by atoms with E-state index >= 15 is 0 Å². The summed E-state index contributed by atoms with van der Waals surface area (Å²) in [6.07, 6.45) is 6.94. The number of hydrogen-bond donors (Lipinski definition) is 2. The summed E-state index contributed by atoms with van der Waals surface area (Å²) in [6, 6.07) is 0. The number of esters is 1. The number of hydrogen-bond acceptors (Lipinski definition) is 6. The maximum Gasteiger partial charge on any atom is 0.358 e. The number of nitrogens with zero attached hydrogens (tertiary/aromatic N) is 2. The molecule has 0 amide bonds. The molecular weight excluding hydrogens is 258 g/mol. The van der Waals surface area contributed by atoms with Crippen molar-refractivity contribution in [1.29, 1.82) is 0 Å². The van der Waals surface area contributed by atoms with Gasteiger partial charge in [0.25, 0.3) is 0 Å². The van der Waals surface area contributed by atoms with Crippen LogP contribution in [0, 0.1) is 5.92 Å². The molecule has 1 aliphatic rings. The average molecular weight is 279 g/mol. The Morgan fingerprint density at radius 3 is 3.05 bits per heavy atom. The van der Waals surface area contributed by atoms with Crippen LogP contribution in [-0.2, 0) is 4.74 Å². The van der Waals surface area contributed by atoms with Gasteiger partial charge in [0.05, 0.1) is 31.6 Å². The van der Waals surface area contributed by atoms with Gasteiger partial charge in [-0.25, -0.2) is 9.78 Å². The molecule has 1 aliphatic carbocycles. The second kappa shape index (κ2) is 6.17. The van der Waals surface area contributed by atoms with Gasteiger partial charge in [0.15, 0.2) is 5.69 Å². The van der Waals surface area contributed by atoms with E-state index in [1.807, 2.05) is 0 Å². The van der Waals surface area contributed by atoms with E-state index in [0.29, 0.717) is 11.7 Å². The quantitative estimate of drug-likeness (QED) is 0.815. The number of nitrogens with one attached hydrogen (secondary N) is 1. The molecule has 110 valence electrons. The lowest BCUT2D eigenvalue weighted by molar-refractivity contribution is 0.0593. The van der Waals surface area contributed by atoms with Crippen molar-refractivity contribution in [2.75, 3.05) is 19.0 Å². The molecule has 0 bridgehead atoms. The fraction of sp³-hybridized carbons (Fsp3) is 0.643. The van der Waals surface area contributed by atoms with Crippen LogP contribution in [0.4, 0.5) is 5.82 Å². The van der Waals surface area contributed by atoms with E-state index < -0.39 is 5.97 Å². The number of rotatable bonds is 4. The molecule has 2 unspecified atom stereocenters. The van der Waals surface area contributed by atoms with Crippen LogP contribution in [0.25, 0.3) is 0 Å². The van der Waals surface area contributed by atoms with Gasteiger partial charge in [0.1, 0.15) is 5.82 Å². The first-order valence-corrected chi connectivity index (χ1v) is 6.88. The highest BCUT2D eigenvalue weighted by atomic mass is 16.5. The molecular formula is C14H21N3O3. The Kier molecular flexibility index (Phi) is 4.54. The highest BCUT2D eigenvalue weighted by Gasteiger charge is 2.34. The summed E-state index contributed by atoms with van der Waals surface area (Å²) in [7, 11) is 1.31. The Labute approximate surface area is 118 Å². The lowest BCUT2D eigenvalue weighted by Crippen LogP contribution is -2.46. The number of aliphatic hydroxyl groups is 1. The predicted octanol–water partition coefficient (Wildman–Crippen LogP) is 1.62. The fourth-order valence-corrected chi connectivity index (χ4v) is 2.86. The zero-order valence-corrected chi connectivity index (χ0v) is 11.9. The average Bonchev–Trinajstić information content (AvgIpc) is 2.46. The van der Waals surface area contributed by atoms with Gasteiger partial charge in [-0.15, -0.1) is 0 Å². The van der Waals surface area contributed by atoms with E-state index in [1.165, 1.54) is 19.7 Å². The lowest BCUT2D eigenvalue weighted by atomic mass is 9.77. The molecule has 0 aromatic carbocycles. The summed E-state index contributed by atoms with van der Waals surface area (Å²) >= 11 is 0. The van der Waals surface area contributed by atoms with Crippen LogP contribution in [-0.4, -0.2) is 40.3 Å². The van der Waals surface area contributed by atoms with E-state index in [9.17, 15) is 9.90 Å². The molecule has 1 heterocycles. The molecule has 6 nitrogen and oxygen atoms in total. The number of anilines is 1. The Morgan fingerprint density at radius 2 is 2.40 bits per heavy atom. The van der Waals surface area contributed by atoms with Crippen molar-refractivity contribution >= 4 is 11.8 Å². The molecule has 0 aliphatic heterocycles. The van der Waals surface area contributed by atoms with E-state index in [4.69, 9.17) is 0 Å². The van der Waals surface area contributed by atoms with Gasteiger partial charge in [-0.05, 0) is 18.8 Å². The van der Waals surface area contributed by atoms with E-state index in [1.54, 1.807) is 6.20 Å². The zero-order valence-electron chi connectivity index (χ0n) is 11.9. The molecule has 2 rings (SSSR count). The molecule has 1 aromatic heterocycles. The molecule has 20 heavy (non-hydrogen) atoms. The molecule has 6 heteroatoms. The number of methoxy groups -OCH3 is 1. The zero-order chi connectivity index (χ0) is 14.6. The molecule has 1 fully saturated rings. The molecule has 0 radical (unpaired) electrons. The SMILES string of the molecule is COC(=O)c1cncc(NC2(CO)CCCC(C)C2)n1. The van der Waals surface area contributed by atoms with Crippen molar-refractivity contribution in [3.05, 3.63) is 18.1 Å². The monoisotopic (exact) mass is 279 g/mol. The summed E-state index contributed by atoms with van der Waals surface area (Å²) < 4.78 is 4.63. The summed E-state index contributed by atoms with van der Waals surface area (Å²) in [6.45, 7) is 2.23. The highest BCUT2D eigenvalue weighted by Crippen LogP contribution is 2.34. The number of ether oxygens (including phenoxy) is 1. The summed E-state index contributed by atoms with van der Waals surface area (Å²) in [5.41, 5.74) is -0.212. The van der Waals surface area contributed by atoms with Crippen molar-refractivity contribution in [3.8, 4) is 0 Å². The normalized spacial score (nSPS) is 26.1. The van der Waals surface area contributed by atoms with Crippen molar-refractivity contribution in [2.24, 2.45) is 5.92 Å². The van der Waals surface area contributed by atoms with Gasteiger partial charge in [-0.3, -0.25) is 4.98 Å². The van der Waals surface area contributed by atoms with Crippen LogP contribution in [0.15, 0.2) is 12.4 Å². The van der Waals surface area contributed by atoms with Crippen LogP contribution in [0.5, 0.6) is 0 Å². The van der Waals surface area contributed by atoms with Crippen molar-refractivity contribution in [3.63, 3.8) is 0 Å². The second-order valence-electron chi connectivity index (χ2n) is 5.55. The fourth-order valence-electron chi connectivity index (χ4n) is 2.86. The summed E-state index contributed by atoms with van der Waals surface area (Å²) in [5.74, 6) is 0.535. The first-order valence-electron chi connectivity index (χ1n) is 6.88. The van der Waals surface area contributed by atoms with Crippen LogP contribution in [0.3, 0.4) is 0 Å². The predicted molar refractivity (Wildman–Crippen MR) is 74.4 cm³/mol. The maximum atomic E-state index is 11.5. The number of aromatic nitrogens is 2. The van der Waals surface area contributed by atoms with Crippen LogP contribution in [0.2, 0.25) is 0 Å². The molecule has 0 spiro atoms. The van der Waals surface area contributed by atoms with Gasteiger partial charge < -0.3 is 15.2 Å². The van der Waals surface area contributed by atoms with Crippen molar-refractivity contribution in [1.82, 2.24) is 9.97 Å². The third-order valence-electron chi connectivity index (χ3n) is 3.82. The summed E-state index contributed by atoms with van der Waals surface area (Å²) in [4.78, 5) is 19.6. The van der Waals surface area contributed by atoms with Crippen LogP contribution < -0.4 is 5.32 Å². The first-order chi connectivity index (χ1) is 9.58. The Hall–Kier alpha value is -1.69.